The molecule has 0 heterocycles. The Balaban J connectivity index is 2.10. The van der Waals surface area contributed by atoms with E-state index in [2.05, 4.69) is 5.32 Å². The molecule has 0 atom stereocenters. The van der Waals surface area contributed by atoms with E-state index in [9.17, 15) is 8.42 Å². The molecule has 0 amide bonds. The van der Waals surface area contributed by atoms with Crippen LogP contribution in [0.25, 0.3) is 0 Å². The molecule has 3 nitrogen and oxygen atoms in total. The van der Waals surface area contributed by atoms with Crippen LogP contribution in [0.4, 0.5) is 11.4 Å². The molecule has 0 aliphatic rings. The zero-order chi connectivity index (χ0) is 15.3. The molecule has 0 saturated heterocycles. The highest BCUT2D eigenvalue weighted by atomic mass is 35.5. The first kappa shape index (κ1) is 15.9. The van der Waals surface area contributed by atoms with Crippen molar-refractivity contribution in [3.05, 3.63) is 54.1 Å². The lowest BCUT2D eigenvalue weighted by Gasteiger charge is -2.08. The molecule has 2 aromatic carbocycles. The van der Waals surface area contributed by atoms with E-state index in [0.29, 0.717) is 10.8 Å². The van der Waals surface area contributed by atoms with Crippen molar-refractivity contribution in [3.63, 3.8) is 0 Å². The summed E-state index contributed by atoms with van der Waals surface area (Å²) in [4.78, 5) is 0.355. The van der Waals surface area contributed by atoms with Crippen LogP contribution in [0.1, 0.15) is 12.5 Å². The lowest BCUT2D eigenvalue weighted by molar-refractivity contribution is 0.597. The lowest BCUT2D eigenvalue weighted by atomic mass is 10.1. The fourth-order valence-corrected chi connectivity index (χ4v) is 3.05. The second kappa shape index (κ2) is 6.96. The summed E-state index contributed by atoms with van der Waals surface area (Å²) in [6.45, 7) is 1.64. The van der Waals surface area contributed by atoms with E-state index >= 15 is 0 Å². The largest absolute Gasteiger partial charge is 0.356 e. The summed E-state index contributed by atoms with van der Waals surface area (Å²) in [6, 6.07) is 14.8. The van der Waals surface area contributed by atoms with Gasteiger partial charge < -0.3 is 5.32 Å². The number of hydrogen-bond donors (Lipinski definition) is 1. The van der Waals surface area contributed by atoms with Crippen LogP contribution >= 0.6 is 11.6 Å². The van der Waals surface area contributed by atoms with Crippen molar-refractivity contribution in [2.45, 2.75) is 18.2 Å². The van der Waals surface area contributed by atoms with Gasteiger partial charge in [0.1, 0.15) is 0 Å². The summed E-state index contributed by atoms with van der Waals surface area (Å²) >= 11 is 5.70. The topological polar surface area (TPSA) is 46.2 Å². The molecule has 0 spiro atoms. The van der Waals surface area contributed by atoms with E-state index in [1.807, 2.05) is 24.3 Å². The van der Waals surface area contributed by atoms with E-state index in [4.69, 9.17) is 11.6 Å². The van der Waals surface area contributed by atoms with E-state index in [-0.39, 0.29) is 5.75 Å². The first-order valence-corrected chi connectivity index (χ1v) is 8.98. The fourth-order valence-electron chi connectivity index (χ4n) is 1.94. The Labute approximate surface area is 130 Å². The van der Waals surface area contributed by atoms with Crippen molar-refractivity contribution in [1.82, 2.24) is 0 Å². The summed E-state index contributed by atoms with van der Waals surface area (Å²) in [7, 11) is -3.14. The normalized spacial score (nSPS) is 11.3. The maximum absolute atomic E-state index is 11.7. The van der Waals surface area contributed by atoms with Crippen molar-refractivity contribution in [2.24, 2.45) is 0 Å². The molecule has 0 aliphatic carbocycles. The number of nitrogens with one attached hydrogen (secondary N) is 1. The number of anilines is 2. The van der Waals surface area contributed by atoms with E-state index in [1.165, 1.54) is 5.56 Å². The summed E-state index contributed by atoms with van der Waals surface area (Å²) < 4.78 is 23.5. The van der Waals surface area contributed by atoms with Gasteiger partial charge >= 0.3 is 0 Å². The summed E-state index contributed by atoms with van der Waals surface area (Å²) in [5, 5.41) is 3.24. The van der Waals surface area contributed by atoms with Crippen LogP contribution in [0.5, 0.6) is 0 Å². The quantitative estimate of drug-likeness (QED) is 0.817. The van der Waals surface area contributed by atoms with Crippen LogP contribution in [-0.4, -0.2) is 20.1 Å². The van der Waals surface area contributed by atoms with Crippen LogP contribution in [0.15, 0.2) is 53.4 Å². The maximum Gasteiger partial charge on any atom is 0.178 e. The minimum absolute atomic E-state index is 0.113. The number of halogens is 1. The van der Waals surface area contributed by atoms with Gasteiger partial charge in [-0.05, 0) is 48.4 Å². The molecule has 2 rings (SSSR count). The maximum atomic E-state index is 11.7. The number of sulfone groups is 1. The standard InChI is InChI=1S/C16H18ClNO2S/c1-2-21(19,20)16-9-7-15(8-10-16)18-14-5-3-13(4-6-14)11-12-17/h3-10,18H,2,11-12H2,1H3. The van der Waals surface area contributed by atoms with Crippen molar-refractivity contribution < 1.29 is 8.42 Å². The highest BCUT2D eigenvalue weighted by Crippen LogP contribution is 2.20. The molecule has 21 heavy (non-hydrogen) atoms. The van der Waals surface area contributed by atoms with Crippen molar-refractivity contribution in [2.75, 3.05) is 16.9 Å². The Bertz CT molecular complexity index is 679. The van der Waals surface area contributed by atoms with Gasteiger partial charge in [-0.25, -0.2) is 8.42 Å². The SMILES string of the molecule is CCS(=O)(=O)c1ccc(Nc2ccc(CCCl)cc2)cc1. The third kappa shape index (κ3) is 4.22. The minimum atomic E-state index is -3.14. The van der Waals surface area contributed by atoms with Gasteiger partial charge in [-0.15, -0.1) is 11.6 Å². The zero-order valence-electron chi connectivity index (χ0n) is 11.8. The highest BCUT2D eigenvalue weighted by molar-refractivity contribution is 7.91. The van der Waals surface area contributed by atoms with Gasteiger partial charge in [-0.3, -0.25) is 0 Å². The van der Waals surface area contributed by atoms with Gasteiger partial charge in [0.05, 0.1) is 10.6 Å². The monoisotopic (exact) mass is 323 g/mol. The van der Waals surface area contributed by atoms with Gasteiger partial charge in [-0.1, -0.05) is 19.1 Å². The van der Waals surface area contributed by atoms with Crippen molar-refractivity contribution in [3.8, 4) is 0 Å². The van der Waals surface area contributed by atoms with Crippen molar-refractivity contribution >= 4 is 32.8 Å². The van der Waals surface area contributed by atoms with Crippen LogP contribution < -0.4 is 5.32 Å². The van der Waals surface area contributed by atoms with Crippen molar-refractivity contribution in [1.29, 1.82) is 0 Å². The molecular weight excluding hydrogens is 306 g/mol. The third-order valence-electron chi connectivity index (χ3n) is 3.22. The predicted molar refractivity (Wildman–Crippen MR) is 88.3 cm³/mol. The average Bonchev–Trinajstić information content (AvgIpc) is 2.50. The Morgan fingerprint density at radius 1 is 0.952 bits per heavy atom. The van der Waals surface area contributed by atoms with E-state index in [0.717, 1.165) is 17.8 Å². The summed E-state index contributed by atoms with van der Waals surface area (Å²) in [5.41, 5.74) is 3.01. The minimum Gasteiger partial charge on any atom is -0.356 e. The molecule has 0 aromatic heterocycles. The Kier molecular flexibility index (Phi) is 5.26. The second-order valence-electron chi connectivity index (χ2n) is 4.69. The zero-order valence-corrected chi connectivity index (χ0v) is 13.4. The van der Waals surface area contributed by atoms with E-state index in [1.54, 1.807) is 31.2 Å². The molecular formula is C16H18ClNO2S. The Morgan fingerprint density at radius 3 is 1.95 bits per heavy atom. The smallest absolute Gasteiger partial charge is 0.178 e. The van der Waals surface area contributed by atoms with Crippen LogP contribution in [0.2, 0.25) is 0 Å². The Morgan fingerprint density at radius 2 is 1.48 bits per heavy atom. The second-order valence-corrected chi connectivity index (χ2v) is 7.34. The summed E-state index contributed by atoms with van der Waals surface area (Å²) in [5.74, 6) is 0.724. The molecule has 0 aliphatic heterocycles. The van der Waals surface area contributed by atoms with Gasteiger partial charge in [0, 0.05) is 17.3 Å². The lowest BCUT2D eigenvalue weighted by Crippen LogP contribution is -2.03. The molecule has 112 valence electrons. The predicted octanol–water partition coefficient (Wildman–Crippen LogP) is 4.01. The van der Waals surface area contributed by atoms with Crippen LogP contribution in [0, 0.1) is 0 Å². The molecule has 0 fully saturated rings. The Hall–Kier alpha value is -1.52. The first-order chi connectivity index (χ1) is 10.0. The molecule has 0 radical (unpaired) electrons. The van der Waals surface area contributed by atoms with E-state index < -0.39 is 9.84 Å². The number of benzene rings is 2. The van der Waals surface area contributed by atoms with Crippen LogP contribution in [0.3, 0.4) is 0 Å². The molecule has 0 bridgehead atoms. The molecule has 1 N–H and O–H groups in total. The highest BCUT2D eigenvalue weighted by Gasteiger charge is 2.10. The molecule has 5 heteroatoms. The van der Waals surface area contributed by atoms with Gasteiger partial charge in [-0.2, -0.15) is 0 Å². The molecule has 2 aromatic rings. The number of hydrogen-bond acceptors (Lipinski definition) is 3. The third-order valence-corrected chi connectivity index (χ3v) is 5.16. The summed E-state index contributed by atoms with van der Waals surface area (Å²) in [6.07, 6.45) is 0.853. The molecule has 0 saturated carbocycles. The molecule has 0 unspecified atom stereocenters. The van der Waals surface area contributed by atoms with Crippen LogP contribution in [-0.2, 0) is 16.3 Å². The fraction of sp³-hybridized carbons (Fsp3) is 0.250. The van der Waals surface area contributed by atoms with Gasteiger partial charge in [0.15, 0.2) is 9.84 Å². The first-order valence-electron chi connectivity index (χ1n) is 6.80. The van der Waals surface area contributed by atoms with Gasteiger partial charge in [0.25, 0.3) is 0 Å². The van der Waals surface area contributed by atoms with Gasteiger partial charge in [0.2, 0.25) is 0 Å². The average molecular weight is 324 g/mol. The number of aryl methyl sites for hydroxylation is 1. The number of rotatable bonds is 6. The number of alkyl halides is 1.